The normalized spacial score (nSPS) is 15.2. The van der Waals surface area contributed by atoms with Crippen molar-refractivity contribution in [2.45, 2.75) is 25.3 Å². The van der Waals surface area contributed by atoms with Gasteiger partial charge in [-0.25, -0.2) is 0 Å². The highest BCUT2D eigenvalue weighted by Crippen LogP contribution is 2.31. The van der Waals surface area contributed by atoms with Crippen LogP contribution < -0.4 is 10.1 Å². The number of rotatable bonds is 5. The van der Waals surface area contributed by atoms with Gasteiger partial charge in [0.1, 0.15) is 5.75 Å². The molecule has 96 valence electrons. The number of hydrogen-bond donors (Lipinski definition) is 2. The van der Waals surface area contributed by atoms with Crippen LogP contribution in [0.5, 0.6) is 5.75 Å². The predicted molar refractivity (Wildman–Crippen MR) is 74.6 cm³/mol. The van der Waals surface area contributed by atoms with Crippen LogP contribution in [0.25, 0.3) is 10.9 Å². The summed E-state index contributed by atoms with van der Waals surface area (Å²) in [5.41, 5.74) is 2.38. The number of methoxy groups -OCH3 is 1. The number of nitrogens with one attached hydrogen (secondary N) is 2. The van der Waals surface area contributed by atoms with Crippen LogP contribution in [0.1, 0.15) is 18.4 Å². The highest BCUT2D eigenvalue weighted by Gasteiger charge is 2.19. The van der Waals surface area contributed by atoms with Crippen LogP contribution >= 0.6 is 11.6 Å². The van der Waals surface area contributed by atoms with Gasteiger partial charge in [0, 0.05) is 23.1 Å². The van der Waals surface area contributed by atoms with Crippen molar-refractivity contribution in [1.82, 2.24) is 10.3 Å². The summed E-state index contributed by atoms with van der Waals surface area (Å²) in [6, 6.07) is 4.70. The lowest BCUT2D eigenvalue weighted by atomic mass is 10.1. The fourth-order valence-corrected chi connectivity index (χ4v) is 2.48. The number of H-pyrrole nitrogens is 1. The van der Waals surface area contributed by atoms with E-state index in [-0.39, 0.29) is 0 Å². The molecule has 0 aliphatic heterocycles. The molecule has 1 aliphatic rings. The van der Waals surface area contributed by atoms with Crippen molar-refractivity contribution in [1.29, 1.82) is 0 Å². The fourth-order valence-electron chi connectivity index (χ4n) is 2.24. The van der Waals surface area contributed by atoms with E-state index in [0.717, 1.165) is 30.3 Å². The molecule has 4 heteroatoms. The Hall–Kier alpha value is -1.19. The molecule has 1 aromatic heterocycles. The number of halogens is 1. The van der Waals surface area contributed by atoms with Gasteiger partial charge in [0.2, 0.25) is 0 Å². The standard InChI is InChI=1S/C14H17ClN2O/c1-18-14-6-11-9(4-5-16-10-2-3-10)8-17-13(11)7-12(14)15/h6-8,10,16-17H,2-5H2,1H3. The zero-order valence-corrected chi connectivity index (χ0v) is 11.2. The summed E-state index contributed by atoms with van der Waals surface area (Å²) in [5, 5.41) is 5.38. The molecule has 18 heavy (non-hydrogen) atoms. The van der Waals surface area contributed by atoms with Gasteiger partial charge in [-0.1, -0.05) is 11.6 Å². The molecule has 0 saturated heterocycles. The van der Waals surface area contributed by atoms with Crippen molar-refractivity contribution >= 4 is 22.5 Å². The van der Waals surface area contributed by atoms with E-state index in [1.807, 2.05) is 12.1 Å². The largest absolute Gasteiger partial charge is 0.495 e. The van der Waals surface area contributed by atoms with Gasteiger partial charge in [0.25, 0.3) is 0 Å². The van der Waals surface area contributed by atoms with Crippen molar-refractivity contribution in [3.63, 3.8) is 0 Å². The maximum Gasteiger partial charge on any atom is 0.138 e. The molecule has 0 spiro atoms. The molecule has 0 radical (unpaired) electrons. The van der Waals surface area contributed by atoms with Gasteiger partial charge in [0.05, 0.1) is 12.1 Å². The molecule has 1 heterocycles. The van der Waals surface area contributed by atoms with E-state index < -0.39 is 0 Å². The summed E-state index contributed by atoms with van der Waals surface area (Å²) >= 11 is 6.11. The first kappa shape index (κ1) is 11.9. The Balaban J connectivity index is 1.82. The number of fused-ring (bicyclic) bond motifs is 1. The second kappa shape index (κ2) is 4.82. The maximum atomic E-state index is 6.11. The van der Waals surface area contributed by atoms with Gasteiger partial charge in [0.15, 0.2) is 0 Å². The molecule has 1 aliphatic carbocycles. The van der Waals surface area contributed by atoms with Gasteiger partial charge in [-0.2, -0.15) is 0 Å². The van der Waals surface area contributed by atoms with Crippen LogP contribution in [-0.4, -0.2) is 24.7 Å². The SMILES string of the molecule is COc1cc2c(CCNC3CC3)c[nH]c2cc1Cl. The zero-order valence-electron chi connectivity index (χ0n) is 10.4. The summed E-state index contributed by atoms with van der Waals surface area (Å²) in [5.74, 6) is 0.736. The van der Waals surface area contributed by atoms with E-state index >= 15 is 0 Å². The van der Waals surface area contributed by atoms with Gasteiger partial charge in [-0.3, -0.25) is 0 Å². The first-order chi connectivity index (χ1) is 8.78. The van der Waals surface area contributed by atoms with Crippen LogP contribution in [0.15, 0.2) is 18.3 Å². The number of benzene rings is 1. The molecule has 0 unspecified atom stereocenters. The van der Waals surface area contributed by atoms with E-state index in [4.69, 9.17) is 16.3 Å². The van der Waals surface area contributed by atoms with Crippen molar-refractivity contribution in [2.24, 2.45) is 0 Å². The number of ether oxygens (including phenoxy) is 1. The highest BCUT2D eigenvalue weighted by molar-refractivity contribution is 6.32. The predicted octanol–water partition coefficient (Wildman–Crippen LogP) is 3.12. The lowest BCUT2D eigenvalue weighted by Gasteiger charge is -2.05. The van der Waals surface area contributed by atoms with Crippen molar-refractivity contribution in [3.8, 4) is 5.75 Å². The third kappa shape index (κ3) is 2.33. The summed E-state index contributed by atoms with van der Waals surface area (Å²) in [7, 11) is 1.65. The molecule has 0 bridgehead atoms. The molecule has 3 nitrogen and oxygen atoms in total. The van der Waals surface area contributed by atoms with Crippen molar-refractivity contribution < 1.29 is 4.74 Å². The highest BCUT2D eigenvalue weighted by atomic mass is 35.5. The van der Waals surface area contributed by atoms with Gasteiger partial charge < -0.3 is 15.0 Å². The summed E-state index contributed by atoms with van der Waals surface area (Å²) < 4.78 is 5.27. The van der Waals surface area contributed by atoms with E-state index in [2.05, 4.69) is 16.5 Å². The number of hydrogen-bond acceptors (Lipinski definition) is 2. The van der Waals surface area contributed by atoms with Gasteiger partial charge >= 0.3 is 0 Å². The molecule has 0 amide bonds. The number of aromatic nitrogens is 1. The Bertz CT molecular complexity index is 560. The molecule has 3 rings (SSSR count). The van der Waals surface area contributed by atoms with Crippen molar-refractivity contribution in [2.75, 3.05) is 13.7 Å². The summed E-state index contributed by atoms with van der Waals surface area (Å²) in [6.45, 7) is 1.03. The van der Waals surface area contributed by atoms with Crippen LogP contribution in [0.2, 0.25) is 5.02 Å². The van der Waals surface area contributed by atoms with E-state index in [1.165, 1.54) is 23.8 Å². The quantitative estimate of drug-likeness (QED) is 0.871. The van der Waals surface area contributed by atoms with E-state index in [0.29, 0.717) is 5.02 Å². The molecule has 1 fully saturated rings. The average Bonchev–Trinajstić information content (AvgIpc) is 3.11. The molecule has 0 atom stereocenters. The Morgan fingerprint density at radius 2 is 2.28 bits per heavy atom. The third-order valence-corrected chi connectivity index (χ3v) is 3.74. The first-order valence-corrected chi connectivity index (χ1v) is 6.72. The minimum Gasteiger partial charge on any atom is -0.495 e. The molecule has 2 N–H and O–H groups in total. The molecular formula is C14H17ClN2O. The Labute approximate surface area is 111 Å². The number of aromatic amines is 1. The minimum absolute atomic E-state index is 0.648. The average molecular weight is 265 g/mol. The second-order valence-electron chi connectivity index (χ2n) is 4.82. The fraction of sp³-hybridized carbons (Fsp3) is 0.429. The maximum absolute atomic E-state index is 6.11. The van der Waals surface area contributed by atoms with Gasteiger partial charge in [-0.15, -0.1) is 0 Å². The third-order valence-electron chi connectivity index (χ3n) is 3.44. The molecule has 1 aromatic carbocycles. The lowest BCUT2D eigenvalue weighted by molar-refractivity contribution is 0.415. The van der Waals surface area contributed by atoms with Crippen LogP contribution in [-0.2, 0) is 6.42 Å². The molecular weight excluding hydrogens is 248 g/mol. The second-order valence-corrected chi connectivity index (χ2v) is 5.23. The van der Waals surface area contributed by atoms with Crippen LogP contribution in [0.4, 0.5) is 0 Å². The summed E-state index contributed by atoms with van der Waals surface area (Å²) in [4.78, 5) is 3.27. The lowest BCUT2D eigenvalue weighted by Crippen LogP contribution is -2.19. The topological polar surface area (TPSA) is 37.0 Å². The van der Waals surface area contributed by atoms with E-state index in [1.54, 1.807) is 7.11 Å². The van der Waals surface area contributed by atoms with Crippen molar-refractivity contribution in [3.05, 3.63) is 28.9 Å². The van der Waals surface area contributed by atoms with Crippen LogP contribution in [0, 0.1) is 0 Å². The first-order valence-electron chi connectivity index (χ1n) is 6.35. The Morgan fingerprint density at radius 3 is 3.00 bits per heavy atom. The van der Waals surface area contributed by atoms with Crippen LogP contribution in [0.3, 0.4) is 0 Å². The summed E-state index contributed by atoms with van der Waals surface area (Å²) in [6.07, 6.45) is 5.75. The van der Waals surface area contributed by atoms with E-state index in [9.17, 15) is 0 Å². The Kier molecular flexibility index (Phi) is 3.18. The molecule has 1 saturated carbocycles. The smallest absolute Gasteiger partial charge is 0.138 e. The monoisotopic (exact) mass is 264 g/mol. The zero-order chi connectivity index (χ0) is 12.5. The minimum atomic E-state index is 0.648. The Morgan fingerprint density at radius 1 is 1.44 bits per heavy atom. The molecule has 2 aromatic rings. The van der Waals surface area contributed by atoms with Gasteiger partial charge in [-0.05, 0) is 43.5 Å².